The minimum absolute atomic E-state index is 0.147. The van der Waals surface area contributed by atoms with Crippen LogP contribution in [-0.2, 0) is 0 Å². The molecule has 118 valence electrons. The van der Waals surface area contributed by atoms with E-state index >= 15 is 0 Å². The van der Waals surface area contributed by atoms with Gasteiger partial charge in [-0.05, 0) is 43.7 Å². The second kappa shape index (κ2) is 6.79. The number of carbonyl (C=O) groups is 1. The second-order valence-electron chi connectivity index (χ2n) is 5.32. The number of carbonyl (C=O) groups excluding carboxylic acids is 1. The third kappa shape index (κ3) is 3.68. The van der Waals surface area contributed by atoms with Crippen LogP contribution < -0.4 is 10.1 Å². The van der Waals surface area contributed by atoms with E-state index in [-0.39, 0.29) is 5.91 Å². The number of aromatic nitrogens is 1. The summed E-state index contributed by atoms with van der Waals surface area (Å²) in [4.78, 5) is 16.7. The zero-order valence-corrected chi connectivity index (χ0v) is 13.9. The Balaban J connectivity index is 1.77. The molecule has 5 heteroatoms. The summed E-state index contributed by atoms with van der Waals surface area (Å²) in [5, 5.41) is 3.45. The first kappa shape index (κ1) is 15.5. The first-order valence-corrected chi connectivity index (χ1v) is 8.39. The molecule has 2 aromatic carbocycles. The highest BCUT2D eigenvalue weighted by atomic mass is 32.1. The number of rotatable bonds is 5. The van der Waals surface area contributed by atoms with Crippen LogP contribution in [0.4, 0.5) is 5.13 Å². The number of hydrogen-bond donors (Lipinski definition) is 1. The van der Waals surface area contributed by atoms with Gasteiger partial charge in [-0.15, -0.1) is 0 Å². The minimum Gasteiger partial charge on any atom is -0.494 e. The molecule has 0 aliphatic rings. The molecule has 3 rings (SSSR count). The van der Waals surface area contributed by atoms with Crippen molar-refractivity contribution in [3.05, 3.63) is 53.6 Å². The number of nitrogens with zero attached hydrogens (tertiary/aromatic N) is 1. The van der Waals surface area contributed by atoms with E-state index in [1.807, 2.05) is 49.4 Å². The number of nitrogens with one attached hydrogen (secondary N) is 1. The number of thiazole rings is 1. The molecule has 23 heavy (non-hydrogen) atoms. The van der Waals surface area contributed by atoms with Gasteiger partial charge in [-0.25, -0.2) is 4.98 Å². The van der Waals surface area contributed by atoms with Crippen LogP contribution in [0.3, 0.4) is 0 Å². The number of ether oxygens (including phenoxy) is 1. The van der Waals surface area contributed by atoms with Gasteiger partial charge in [0, 0.05) is 5.56 Å². The van der Waals surface area contributed by atoms with Crippen molar-refractivity contribution in [1.29, 1.82) is 0 Å². The van der Waals surface area contributed by atoms with Gasteiger partial charge in [-0.2, -0.15) is 0 Å². The molecule has 0 bridgehead atoms. The Labute approximate surface area is 139 Å². The largest absolute Gasteiger partial charge is 0.494 e. The van der Waals surface area contributed by atoms with Gasteiger partial charge in [-0.3, -0.25) is 10.1 Å². The fourth-order valence-electron chi connectivity index (χ4n) is 2.14. The normalized spacial score (nSPS) is 10.7. The molecule has 1 amide bonds. The molecule has 0 aliphatic heterocycles. The number of aryl methyl sites for hydroxylation is 1. The maximum Gasteiger partial charge on any atom is 0.257 e. The van der Waals surface area contributed by atoms with E-state index in [1.54, 1.807) is 0 Å². The zero-order chi connectivity index (χ0) is 16.2. The first-order chi connectivity index (χ1) is 11.2. The lowest BCUT2D eigenvalue weighted by atomic mass is 10.1. The highest BCUT2D eigenvalue weighted by Crippen LogP contribution is 2.29. The predicted molar refractivity (Wildman–Crippen MR) is 94.5 cm³/mol. The molecular formula is C18H18N2O2S. The summed E-state index contributed by atoms with van der Waals surface area (Å²) in [6.45, 7) is 4.76. The number of fused-ring (bicyclic) bond motifs is 1. The summed E-state index contributed by atoms with van der Waals surface area (Å²) in [7, 11) is 0. The van der Waals surface area contributed by atoms with Crippen molar-refractivity contribution in [2.45, 2.75) is 20.3 Å². The van der Waals surface area contributed by atoms with Gasteiger partial charge in [-0.1, -0.05) is 36.0 Å². The van der Waals surface area contributed by atoms with Crippen molar-refractivity contribution >= 4 is 32.6 Å². The lowest BCUT2D eigenvalue weighted by molar-refractivity contribution is 0.102. The first-order valence-electron chi connectivity index (χ1n) is 7.57. The van der Waals surface area contributed by atoms with Crippen LogP contribution in [0.5, 0.6) is 5.75 Å². The van der Waals surface area contributed by atoms with Crippen LogP contribution >= 0.6 is 11.3 Å². The molecule has 0 atom stereocenters. The fraction of sp³-hybridized carbons (Fsp3) is 0.222. The van der Waals surface area contributed by atoms with Gasteiger partial charge < -0.3 is 4.74 Å². The molecule has 1 N–H and O–H groups in total. The van der Waals surface area contributed by atoms with Crippen molar-refractivity contribution in [2.75, 3.05) is 11.9 Å². The van der Waals surface area contributed by atoms with Crippen LogP contribution in [0.25, 0.3) is 10.2 Å². The number of benzene rings is 2. The summed E-state index contributed by atoms with van der Waals surface area (Å²) in [5.41, 5.74) is 2.61. The van der Waals surface area contributed by atoms with Crippen LogP contribution in [-0.4, -0.2) is 17.5 Å². The highest BCUT2D eigenvalue weighted by molar-refractivity contribution is 7.22. The van der Waals surface area contributed by atoms with Gasteiger partial charge in [0.25, 0.3) is 5.91 Å². The molecule has 0 aliphatic carbocycles. The van der Waals surface area contributed by atoms with Crippen LogP contribution in [0.1, 0.15) is 29.3 Å². The van der Waals surface area contributed by atoms with Gasteiger partial charge in [0.2, 0.25) is 0 Å². The van der Waals surface area contributed by atoms with E-state index in [9.17, 15) is 4.79 Å². The molecule has 4 nitrogen and oxygen atoms in total. The monoisotopic (exact) mass is 326 g/mol. The Hall–Kier alpha value is -2.40. The predicted octanol–water partition coefficient (Wildman–Crippen LogP) is 4.65. The summed E-state index contributed by atoms with van der Waals surface area (Å²) < 4.78 is 6.62. The molecule has 0 spiro atoms. The van der Waals surface area contributed by atoms with Gasteiger partial charge >= 0.3 is 0 Å². The molecule has 1 aromatic heterocycles. The molecule has 0 saturated carbocycles. The minimum atomic E-state index is -0.147. The zero-order valence-electron chi connectivity index (χ0n) is 13.1. The molecule has 0 unspecified atom stereocenters. The molecule has 0 saturated heterocycles. The van der Waals surface area contributed by atoms with E-state index in [1.165, 1.54) is 11.3 Å². The Kier molecular flexibility index (Phi) is 4.57. The highest BCUT2D eigenvalue weighted by Gasteiger charge is 2.10. The van der Waals surface area contributed by atoms with Crippen molar-refractivity contribution in [3.63, 3.8) is 0 Å². The summed E-state index contributed by atoms with van der Waals surface area (Å²) in [5.74, 6) is 0.686. The summed E-state index contributed by atoms with van der Waals surface area (Å²) >= 11 is 1.45. The molecule has 0 radical (unpaired) electrons. The van der Waals surface area contributed by atoms with Gasteiger partial charge in [0.15, 0.2) is 5.13 Å². The van der Waals surface area contributed by atoms with E-state index < -0.39 is 0 Å². The number of anilines is 1. The van der Waals surface area contributed by atoms with Crippen LogP contribution in [0.15, 0.2) is 42.5 Å². The van der Waals surface area contributed by atoms with Crippen LogP contribution in [0, 0.1) is 6.92 Å². The standard InChI is InChI=1S/C18H18N2O2S/c1-3-10-22-14-8-9-15-16(11-14)23-18(19-15)20-17(21)13-6-4-12(2)5-7-13/h4-9,11H,3,10H2,1-2H3,(H,19,20,21). The van der Waals surface area contributed by atoms with Crippen molar-refractivity contribution < 1.29 is 9.53 Å². The van der Waals surface area contributed by atoms with Crippen molar-refractivity contribution in [2.24, 2.45) is 0 Å². The maximum absolute atomic E-state index is 12.2. The van der Waals surface area contributed by atoms with E-state index in [2.05, 4.69) is 17.2 Å². The second-order valence-corrected chi connectivity index (χ2v) is 6.35. The van der Waals surface area contributed by atoms with E-state index in [0.29, 0.717) is 17.3 Å². The molecule has 3 aromatic rings. The molecule has 1 heterocycles. The van der Waals surface area contributed by atoms with Gasteiger partial charge in [0.1, 0.15) is 5.75 Å². The van der Waals surface area contributed by atoms with E-state index in [0.717, 1.165) is 28.0 Å². The smallest absolute Gasteiger partial charge is 0.257 e. The average Bonchev–Trinajstić information content (AvgIpc) is 2.94. The third-order valence-electron chi connectivity index (χ3n) is 3.37. The Bertz CT molecular complexity index is 825. The maximum atomic E-state index is 12.2. The Morgan fingerprint density at radius 3 is 2.74 bits per heavy atom. The molecular weight excluding hydrogens is 308 g/mol. The fourth-order valence-corrected chi connectivity index (χ4v) is 3.03. The number of amides is 1. The Morgan fingerprint density at radius 1 is 1.22 bits per heavy atom. The Morgan fingerprint density at radius 2 is 2.00 bits per heavy atom. The van der Waals surface area contributed by atoms with Crippen LogP contribution in [0.2, 0.25) is 0 Å². The number of hydrogen-bond acceptors (Lipinski definition) is 4. The quantitative estimate of drug-likeness (QED) is 0.743. The summed E-state index contributed by atoms with van der Waals surface area (Å²) in [6.07, 6.45) is 0.971. The third-order valence-corrected chi connectivity index (χ3v) is 4.30. The lowest BCUT2D eigenvalue weighted by Gasteiger charge is -2.02. The topological polar surface area (TPSA) is 51.2 Å². The van der Waals surface area contributed by atoms with Gasteiger partial charge in [0.05, 0.1) is 16.8 Å². The van der Waals surface area contributed by atoms with Crippen molar-refractivity contribution in [1.82, 2.24) is 4.98 Å². The molecule has 0 fully saturated rings. The van der Waals surface area contributed by atoms with Crippen molar-refractivity contribution in [3.8, 4) is 5.75 Å². The average molecular weight is 326 g/mol. The summed E-state index contributed by atoms with van der Waals surface area (Å²) in [6, 6.07) is 13.3. The lowest BCUT2D eigenvalue weighted by Crippen LogP contribution is -2.11. The van der Waals surface area contributed by atoms with E-state index in [4.69, 9.17) is 4.74 Å². The SMILES string of the molecule is CCCOc1ccc2nc(NC(=O)c3ccc(C)cc3)sc2c1.